The number of carbonyl (C=O) groups excluding carboxylic acids is 3. The molecule has 0 radical (unpaired) electrons. The number of Topliss-reactive ketones (excluding diaryl/α,β-unsaturated/α-hetero) is 1. The molecule has 0 aliphatic carbocycles. The lowest BCUT2D eigenvalue weighted by Crippen LogP contribution is -2.46. The Morgan fingerprint density at radius 2 is 1.80 bits per heavy atom. The Bertz CT molecular complexity index is 708. The van der Waals surface area contributed by atoms with Gasteiger partial charge in [-0.15, -0.1) is 0 Å². The third-order valence-corrected chi connectivity index (χ3v) is 3.69. The quantitative estimate of drug-likeness (QED) is 0.568. The van der Waals surface area contributed by atoms with Crippen molar-refractivity contribution in [1.82, 2.24) is 10.3 Å². The van der Waals surface area contributed by atoms with Crippen molar-refractivity contribution in [1.29, 1.82) is 0 Å². The number of ketones is 1. The maximum atomic E-state index is 12.2. The van der Waals surface area contributed by atoms with Crippen molar-refractivity contribution in [3.63, 3.8) is 0 Å². The number of nitrogens with one attached hydrogen (secondary N) is 2. The minimum Gasteiger partial charge on any atom is -0.456 e. The van der Waals surface area contributed by atoms with Crippen LogP contribution in [0, 0.1) is 5.92 Å². The minimum absolute atomic E-state index is 0.159. The number of esters is 1. The summed E-state index contributed by atoms with van der Waals surface area (Å²) in [6.45, 7) is 3.25. The number of hydrogen-bond donors (Lipinski definition) is 2. The van der Waals surface area contributed by atoms with Gasteiger partial charge in [0.05, 0.1) is 12.1 Å². The molecule has 2 aromatic rings. The summed E-state index contributed by atoms with van der Waals surface area (Å²) in [6, 6.07) is 11.8. The van der Waals surface area contributed by atoms with Crippen LogP contribution in [-0.2, 0) is 20.7 Å². The van der Waals surface area contributed by atoms with E-state index in [2.05, 4.69) is 10.3 Å². The average molecular weight is 342 g/mol. The van der Waals surface area contributed by atoms with Crippen LogP contribution >= 0.6 is 0 Å². The summed E-state index contributed by atoms with van der Waals surface area (Å²) in [6.07, 6.45) is 1.80. The van der Waals surface area contributed by atoms with Crippen molar-refractivity contribution in [2.45, 2.75) is 26.3 Å². The zero-order chi connectivity index (χ0) is 18.2. The maximum absolute atomic E-state index is 12.2. The molecule has 0 saturated heterocycles. The summed E-state index contributed by atoms with van der Waals surface area (Å²) in [5.74, 6) is -1.36. The van der Waals surface area contributed by atoms with Crippen LogP contribution in [0.25, 0.3) is 0 Å². The van der Waals surface area contributed by atoms with Crippen molar-refractivity contribution >= 4 is 17.7 Å². The van der Waals surface area contributed by atoms with Gasteiger partial charge in [-0.25, -0.2) is 4.79 Å². The van der Waals surface area contributed by atoms with Crippen LogP contribution in [-0.4, -0.2) is 35.3 Å². The smallest absolute Gasteiger partial charge is 0.329 e. The molecule has 0 spiro atoms. The van der Waals surface area contributed by atoms with Gasteiger partial charge in [0.2, 0.25) is 11.7 Å². The number of amides is 1. The van der Waals surface area contributed by atoms with E-state index in [1.54, 1.807) is 18.3 Å². The van der Waals surface area contributed by atoms with Crippen LogP contribution in [0.15, 0.2) is 48.7 Å². The highest BCUT2D eigenvalue weighted by molar-refractivity contribution is 5.96. The Morgan fingerprint density at radius 1 is 1.08 bits per heavy atom. The van der Waals surface area contributed by atoms with Gasteiger partial charge in [-0.2, -0.15) is 0 Å². The lowest BCUT2D eigenvalue weighted by Gasteiger charge is -2.20. The van der Waals surface area contributed by atoms with Crippen molar-refractivity contribution in [2.75, 3.05) is 6.61 Å². The van der Waals surface area contributed by atoms with Crippen LogP contribution in [0.4, 0.5) is 0 Å². The molecule has 0 fully saturated rings. The molecule has 0 aliphatic rings. The largest absolute Gasteiger partial charge is 0.456 e. The molecule has 1 atom stereocenters. The fraction of sp³-hybridized carbons (Fsp3) is 0.316. The van der Waals surface area contributed by atoms with Gasteiger partial charge in [0.25, 0.3) is 0 Å². The number of H-pyrrole nitrogens is 1. The molecule has 0 aliphatic heterocycles. The first-order valence-corrected chi connectivity index (χ1v) is 8.14. The van der Waals surface area contributed by atoms with Gasteiger partial charge >= 0.3 is 5.97 Å². The van der Waals surface area contributed by atoms with E-state index in [-0.39, 0.29) is 30.6 Å². The topological polar surface area (TPSA) is 88.3 Å². The summed E-state index contributed by atoms with van der Waals surface area (Å²) in [7, 11) is 0. The number of aromatic nitrogens is 1. The molecule has 1 aromatic carbocycles. The third kappa shape index (κ3) is 5.60. The molecule has 1 heterocycles. The van der Waals surface area contributed by atoms with Crippen molar-refractivity contribution < 1.29 is 19.1 Å². The number of benzene rings is 1. The first kappa shape index (κ1) is 18.4. The van der Waals surface area contributed by atoms with Gasteiger partial charge in [-0.1, -0.05) is 44.2 Å². The van der Waals surface area contributed by atoms with Gasteiger partial charge in [0.15, 0.2) is 6.61 Å². The predicted octanol–water partition coefficient (Wildman–Crippen LogP) is 2.12. The van der Waals surface area contributed by atoms with Crippen LogP contribution in [0.3, 0.4) is 0 Å². The van der Waals surface area contributed by atoms with Crippen LogP contribution in [0.1, 0.15) is 29.9 Å². The lowest BCUT2D eigenvalue weighted by atomic mass is 10.0. The number of aromatic amines is 1. The van der Waals surface area contributed by atoms with Crippen molar-refractivity contribution in [2.24, 2.45) is 5.92 Å². The summed E-state index contributed by atoms with van der Waals surface area (Å²) < 4.78 is 5.08. The van der Waals surface area contributed by atoms with Gasteiger partial charge in [0.1, 0.15) is 6.04 Å². The molecule has 132 valence electrons. The first-order valence-electron chi connectivity index (χ1n) is 8.14. The molecule has 0 unspecified atom stereocenters. The molecular weight excluding hydrogens is 320 g/mol. The SMILES string of the molecule is CC(C)[C@H](NC(=O)Cc1ccccc1)C(=O)OCC(=O)c1ccc[nH]1. The van der Waals surface area contributed by atoms with Gasteiger partial charge in [-0.05, 0) is 23.6 Å². The highest BCUT2D eigenvalue weighted by Crippen LogP contribution is 2.07. The van der Waals surface area contributed by atoms with Crippen molar-refractivity contribution in [3.8, 4) is 0 Å². The molecule has 6 heteroatoms. The Morgan fingerprint density at radius 3 is 2.40 bits per heavy atom. The molecule has 0 saturated carbocycles. The van der Waals surface area contributed by atoms with Gasteiger partial charge < -0.3 is 15.0 Å². The molecule has 25 heavy (non-hydrogen) atoms. The fourth-order valence-corrected chi connectivity index (χ4v) is 2.31. The van der Waals surface area contributed by atoms with E-state index < -0.39 is 12.0 Å². The second-order valence-electron chi connectivity index (χ2n) is 6.07. The third-order valence-electron chi connectivity index (χ3n) is 3.69. The zero-order valence-electron chi connectivity index (χ0n) is 14.3. The zero-order valence-corrected chi connectivity index (χ0v) is 14.3. The maximum Gasteiger partial charge on any atom is 0.329 e. The highest BCUT2D eigenvalue weighted by Gasteiger charge is 2.26. The van der Waals surface area contributed by atoms with E-state index in [4.69, 9.17) is 4.74 Å². The lowest BCUT2D eigenvalue weighted by molar-refractivity contribution is -0.148. The Kier molecular flexibility index (Phi) is 6.51. The van der Waals surface area contributed by atoms with Crippen LogP contribution < -0.4 is 5.32 Å². The number of hydrogen-bond acceptors (Lipinski definition) is 4. The summed E-state index contributed by atoms with van der Waals surface area (Å²) in [5, 5.41) is 2.69. The number of carbonyl (C=O) groups is 3. The molecule has 1 amide bonds. The Labute approximate surface area is 146 Å². The van der Waals surface area contributed by atoms with Gasteiger partial charge in [0, 0.05) is 6.20 Å². The van der Waals surface area contributed by atoms with E-state index in [1.165, 1.54) is 0 Å². The van der Waals surface area contributed by atoms with Crippen LogP contribution in [0.5, 0.6) is 0 Å². The standard InChI is InChI=1S/C19H22N2O4/c1-13(2)18(21-17(23)11-14-7-4-3-5-8-14)19(24)25-12-16(22)15-9-6-10-20-15/h3-10,13,18,20H,11-12H2,1-2H3,(H,21,23)/t18-/m0/s1. The second kappa shape index (κ2) is 8.82. The van der Waals surface area contributed by atoms with E-state index in [0.717, 1.165) is 5.56 Å². The Balaban J connectivity index is 1.89. The van der Waals surface area contributed by atoms with Crippen LogP contribution in [0.2, 0.25) is 0 Å². The Hall–Kier alpha value is -2.89. The normalized spacial score (nSPS) is 11.8. The van der Waals surface area contributed by atoms with E-state index >= 15 is 0 Å². The highest BCUT2D eigenvalue weighted by atomic mass is 16.5. The van der Waals surface area contributed by atoms with Gasteiger partial charge in [-0.3, -0.25) is 9.59 Å². The first-order chi connectivity index (χ1) is 12.0. The molecule has 0 bridgehead atoms. The van der Waals surface area contributed by atoms with E-state index in [0.29, 0.717) is 5.69 Å². The fourth-order valence-electron chi connectivity index (χ4n) is 2.31. The monoisotopic (exact) mass is 342 g/mol. The van der Waals surface area contributed by atoms with Crippen molar-refractivity contribution in [3.05, 3.63) is 59.9 Å². The second-order valence-corrected chi connectivity index (χ2v) is 6.07. The molecule has 1 aromatic heterocycles. The number of rotatable bonds is 8. The predicted molar refractivity (Wildman–Crippen MR) is 93.0 cm³/mol. The average Bonchev–Trinajstić information content (AvgIpc) is 3.12. The molecular formula is C19H22N2O4. The molecule has 6 nitrogen and oxygen atoms in total. The van der Waals surface area contributed by atoms with E-state index in [9.17, 15) is 14.4 Å². The molecule has 2 N–H and O–H groups in total. The van der Waals surface area contributed by atoms with E-state index in [1.807, 2.05) is 44.2 Å². The number of ether oxygens (including phenoxy) is 1. The summed E-state index contributed by atoms with van der Waals surface area (Å²) in [5.41, 5.74) is 1.24. The summed E-state index contributed by atoms with van der Waals surface area (Å²) in [4.78, 5) is 39.0. The molecule has 2 rings (SSSR count). The minimum atomic E-state index is -0.798. The summed E-state index contributed by atoms with van der Waals surface area (Å²) >= 11 is 0.